The number of hydrogen-bond donors (Lipinski definition) is 2. The maximum absolute atomic E-state index is 13.6. The first-order chi connectivity index (χ1) is 12.7. The molecule has 2 saturated carbocycles. The molecule has 2 aliphatic carbocycles. The average Bonchev–Trinajstić information content (AvgIpc) is 3.19. The molecule has 3 aliphatic rings. The first kappa shape index (κ1) is 18.4. The van der Waals surface area contributed by atoms with Crippen molar-refractivity contribution in [2.75, 3.05) is 26.3 Å². The minimum Gasteiger partial charge on any atom is -0.393 e. The zero-order valence-corrected chi connectivity index (χ0v) is 16.2. The highest BCUT2D eigenvalue weighted by Gasteiger charge is 2.47. The number of rotatable bonds is 5. The predicted molar refractivity (Wildman–Crippen MR) is 102 cm³/mol. The third-order valence-corrected chi connectivity index (χ3v) is 7.43. The molecule has 1 amide bonds. The normalized spacial score (nSPS) is 30.3. The van der Waals surface area contributed by atoms with Gasteiger partial charge in [0.15, 0.2) is 0 Å². The van der Waals surface area contributed by atoms with E-state index >= 15 is 0 Å². The minimum atomic E-state index is -0.375. The number of morpholine rings is 1. The molecule has 1 aromatic rings. The first-order valence-electron chi connectivity index (χ1n) is 10.0. The summed E-state index contributed by atoms with van der Waals surface area (Å²) in [6, 6.07) is 4.19. The summed E-state index contributed by atoms with van der Waals surface area (Å²) < 4.78 is 5.53. The highest BCUT2D eigenvalue weighted by molar-refractivity contribution is 7.10. The Bertz CT molecular complexity index is 588. The third kappa shape index (κ3) is 3.57. The third-order valence-electron chi connectivity index (χ3n) is 6.48. The minimum absolute atomic E-state index is 0.0331. The van der Waals surface area contributed by atoms with E-state index in [1.54, 1.807) is 11.3 Å². The Labute approximate surface area is 159 Å². The van der Waals surface area contributed by atoms with Gasteiger partial charge in [0.25, 0.3) is 0 Å². The van der Waals surface area contributed by atoms with E-state index in [-0.39, 0.29) is 23.6 Å². The van der Waals surface area contributed by atoms with E-state index in [1.165, 1.54) is 11.3 Å². The van der Waals surface area contributed by atoms with Crippen LogP contribution in [0.4, 0.5) is 0 Å². The number of nitrogens with zero attached hydrogens (tertiary/aromatic N) is 1. The lowest BCUT2D eigenvalue weighted by atomic mass is 9.75. The fourth-order valence-electron chi connectivity index (χ4n) is 4.88. The summed E-state index contributed by atoms with van der Waals surface area (Å²) >= 11 is 1.70. The van der Waals surface area contributed by atoms with Gasteiger partial charge in [-0.05, 0) is 43.0 Å². The second-order valence-electron chi connectivity index (χ2n) is 8.04. The fourth-order valence-corrected chi connectivity index (χ4v) is 5.75. The maximum Gasteiger partial charge on any atom is 0.241 e. The summed E-state index contributed by atoms with van der Waals surface area (Å²) in [5.74, 6) is 0.539. The molecule has 1 aromatic heterocycles. The van der Waals surface area contributed by atoms with Crippen LogP contribution in [0.15, 0.2) is 17.5 Å². The molecule has 5 nitrogen and oxygen atoms in total. The van der Waals surface area contributed by atoms with Crippen molar-refractivity contribution in [2.45, 2.75) is 62.6 Å². The van der Waals surface area contributed by atoms with Crippen LogP contribution < -0.4 is 5.32 Å². The van der Waals surface area contributed by atoms with E-state index in [0.29, 0.717) is 5.92 Å². The lowest BCUT2D eigenvalue weighted by Gasteiger charge is -2.48. The van der Waals surface area contributed by atoms with Crippen molar-refractivity contribution in [1.82, 2.24) is 10.2 Å². The van der Waals surface area contributed by atoms with Crippen LogP contribution in [0.25, 0.3) is 0 Å². The Morgan fingerprint density at radius 2 is 2.00 bits per heavy atom. The van der Waals surface area contributed by atoms with Gasteiger partial charge in [-0.15, -0.1) is 11.3 Å². The Morgan fingerprint density at radius 1 is 1.27 bits per heavy atom. The van der Waals surface area contributed by atoms with Gasteiger partial charge in [-0.3, -0.25) is 9.69 Å². The summed E-state index contributed by atoms with van der Waals surface area (Å²) in [5.41, 5.74) is -0.375. The van der Waals surface area contributed by atoms with Gasteiger partial charge < -0.3 is 15.2 Å². The van der Waals surface area contributed by atoms with Crippen LogP contribution in [0, 0.1) is 5.92 Å². The Balaban J connectivity index is 1.54. The zero-order valence-electron chi connectivity index (χ0n) is 15.4. The molecular weight excluding hydrogens is 348 g/mol. The molecule has 1 aliphatic heterocycles. The van der Waals surface area contributed by atoms with E-state index < -0.39 is 0 Å². The highest BCUT2D eigenvalue weighted by Crippen LogP contribution is 2.41. The van der Waals surface area contributed by atoms with Gasteiger partial charge in [-0.1, -0.05) is 25.3 Å². The second-order valence-corrected chi connectivity index (χ2v) is 9.02. The van der Waals surface area contributed by atoms with Gasteiger partial charge in [0.05, 0.1) is 25.4 Å². The van der Waals surface area contributed by atoms with Crippen LogP contribution in [0.5, 0.6) is 0 Å². The largest absolute Gasteiger partial charge is 0.393 e. The lowest BCUT2D eigenvalue weighted by Crippen LogP contribution is -2.63. The fraction of sp³-hybridized carbons (Fsp3) is 0.750. The van der Waals surface area contributed by atoms with E-state index in [0.717, 1.165) is 64.8 Å². The Morgan fingerprint density at radius 3 is 2.62 bits per heavy atom. The SMILES string of the molecule is O=C(N[C@@H](c1cccs1)C1CC(O)C1)C1(N2CCOCC2)CCCCC1. The van der Waals surface area contributed by atoms with Gasteiger partial charge >= 0.3 is 0 Å². The molecule has 3 fully saturated rings. The van der Waals surface area contributed by atoms with Gasteiger partial charge in [0.2, 0.25) is 5.91 Å². The second kappa shape index (κ2) is 7.97. The first-order valence-corrected chi connectivity index (χ1v) is 10.9. The maximum atomic E-state index is 13.6. The number of hydrogen-bond acceptors (Lipinski definition) is 5. The Hall–Kier alpha value is -0.950. The van der Waals surface area contributed by atoms with Crippen LogP contribution in [0.2, 0.25) is 0 Å². The number of carbonyl (C=O) groups is 1. The molecule has 0 bridgehead atoms. The standard InChI is InChI=1S/C20H30N2O3S/c23-16-13-15(14-16)18(17-5-4-12-26-17)21-19(24)20(6-2-1-3-7-20)22-8-10-25-11-9-22/h4-5,12,15-16,18,23H,1-3,6-11,13-14H2,(H,21,24)/t15?,16?,18-/m1/s1. The summed E-state index contributed by atoms with van der Waals surface area (Å²) in [4.78, 5) is 17.2. The molecule has 6 heteroatoms. The molecule has 26 heavy (non-hydrogen) atoms. The average molecular weight is 379 g/mol. The monoisotopic (exact) mass is 378 g/mol. The molecule has 1 saturated heterocycles. The van der Waals surface area contributed by atoms with E-state index in [9.17, 15) is 9.90 Å². The van der Waals surface area contributed by atoms with Gasteiger partial charge in [-0.2, -0.15) is 0 Å². The predicted octanol–water partition coefficient (Wildman–Crippen LogP) is 2.71. The molecule has 2 heterocycles. The molecule has 1 atom stereocenters. The molecule has 144 valence electrons. The van der Waals surface area contributed by atoms with E-state index in [4.69, 9.17) is 4.74 Å². The van der Waals surface area contributed by atoms with Crippen LogP contribution in [0.3, 0.4) is 0 Å². The molecule has 0 radical (unpaired) electrons. The number of thiophene rings is 1. The number of carbonyl (C=O) groups excluding carboxylic acids is 1. The topological polar surface area (TPSA) is 61.8 Å². The van der Waals surface area contributed by atoms with Crippen molar-refractivity contribution in [3.8, 4) is 0 Å². The number of aliphatic hydroxyl groups excluding tert-OH is 1. The number of ether oxygens (including phenoxy) is 1. The molecule has 0 spiro atoms. The van der Waals surface area contributed by atoms with Gasteiger partial charge in [-0.25, -0.2) is 0 Å². The van der Waals surface area contributed by atoms with Crippen molar-refractivity contribution in [3.05, 3.63) is 22.4 Å². The summed E-state index contributed by atoms with van der Waals surface area (Å²) in [5, 5.41) is 15.3. The van der Waals surface area contributed by atoms with Crippen LogP contribution in [-0.4, -0.2) is 53.9 Å². The van der Waals surface area contributed by atoms with Crippen molar-refractivity contribution < 1.29 is 14.6 Å². The summed E-state index contributed by atoms with van der Waals surface area (Å²) in [7, 11) is 0. The van der Waals surface area contributed by atoms with Crippen LogP contribution in [0.1, 0.15) is 55.9 Å². The molecule has 0 aromatic carbocycles. The van der Waals surface area contributed by atoms with Crippen molar-refractivity contribution in [3.63, 3.8) is 0 Å². The number of amides is 1. The summed E-state index contributed by atoms with van der Waals surface area (Å²) in [6.07, 6.45) is 6.73. The van der Waals surface area contributed by atoms with Gasteiger partial charge in [0, 0.05) is 18.0 Å². The smallest absolute Gasteiger partial charge is 0.241 e. The highest BCUT2D eigenvalue weighted by atomic mass is 32.1. The number of aliphatic hydroxyl groups is 1. The van der Waals surface area contributed by atoms with Crippen molar-refractivity contribution >= 4 is 17.2 Å². The number of nitrogens with one attached hydrogen (secondary N) is 1. The molecule has 4 rings (SSSR count). The summed E-state index contributed by atoms with van der Waals surface area (Å²) in [6.45, 7) is 3.13. The molecule has 0 unspecified atom stereocenters. The Kier molecular flexibility index (Phi) is 5.64. The quantitative estimate of drug-likeness (QED) is 0.827. The molecule has 2 N–H and O–H groups in total. The van der Waals surface area contributed by atoms with Crippen LogP contribution in [-0.2, 0) is 9.53 Å². The zero-order chi connectivity index (χ0) is 18.0. The lowest BCUT2D eigenvalue weighted by molar-refractivity contribution is -0.142. The van der Waals surface area contributed by atoms with E-state index in [1.807, 2.05) is 6.07 Å². The van der Waals surface area contributed by atoms with Crippen molar-refractivity contribution in [2.24, 2.45) is 5.92 Å². The molecular formula is C20H30N2O3S. The van der Waals surface area contributed by atoms with Gasteiger partial charge in [0.1, 0.15) is 5.54 Å². The van der Waals surface area contributed by atoms with E-state index in [2.05, 4.69) is 21.7 Å². The van der Waals surface area contributed by atoms with Crippen molar-refractivity contribution in [1.29, 1.82) is 0 Å². The van der Waals surface area contributed by atoms with Crippen LogP contribution >= 0.6 is 11.3 Å².